The first-order valence-corrected chi connectivity index (χ1v) is 20.9. The normalized spacial score (nSPS) is 14.2. The zero-order valence-electron chi connectivity index (χ0n) is 33.0. The van der Waals surface area contributed by atoms with Crippen LogP contribution >= 0.6 is 11.3 Å². The van der Waals surface area contributed by atoms with Gasteiger partial charge in [-0.1, -0.05) is 173 Å². The van der Waals surface area contributed by atoms with Gasteiger partial charge < -0.3 is 4.90 Å². The molecule has 0 N–H and O–H groups in total. The second-order valence-electron chi connectivity index (χ2n) is 16.9. The van der Waals surface area contributed by atoms with Crippen molar-refractivity contribution in [1.82, 2.24) is 0 Å². The highest BCUT2D eigenvalue weighted by molar-refractivity contribution is 7.26. The summed E-state index contributed by atoms with van der Waals surface area (Å²) in [5.41, 5.74) is 16.6. The van der Waals surface area contributed by atoms with Crippen LogP contribution in [0.1, 0.15) is 45.2 Å². The average Bonchev–Trinajstić information content (AvgIpc) is 3.72. The monoisotopic (exact) mass is 751 g/mol. The van der Waals surface area contributed by atoms with Crippen LogP contribution in [0, 0.1) is 0 Å². The van der Waals surface area contributed by atoms with Crippen molar-refractivity contribution in [2.45, 2.75) is 44.9 Å². The Morgan fingerprint density at radius 2 is 0.895 bits per heavy atom. The molecule has 0 radical (unpaired) electrons. The summed E-state index contributed by atoms with van der Waals surface area (Å²) >= 11 is 1.88. The van der Waals surface area contributed by atoms with E-state index in [0.717, 1.165) is 17.1 Å². The van der Waals surface area contributed by atoms with Gasteiger partial charge in [-0.05, 0) is 115 Å². The van der Waals surface area contributed by atoms with E-state index in [1.807, 2.05) is 11.3 Å². The van der Waals surface area contributed by atoms with Gasteiger partial charge in [0.25, 0.3) is 0 Å². The summed E-state index contributed by atoms with van der Waals surface area (Å²) in [4.78, 5) is 2.39. The van der Waals surface area contributed by atoms with Crippen LogP contribution in [0.3, 0.4) is 0 Å². The van der Waals surface area contributed by atoms with Crippen LogP contribution in [0.4, 0.5) is 17.1 Å². The van der Waals surface area contributed by atoms with E-state index in [-0.39, 0.29) is 10.8 Å². The Morgan fingerprint density at radius 3 is 1.63 bits per heavy atom. The van der Waals surface area contributed by atoms with Crippen molar-refractivity contribution in [2.24, 2.45) is 0 Å². The molecule has 1 nitrogen and oxygen atoms in total. The summed E-state index contributed by atoms with van der Waals surface area (Å²) in [6, 6.07) is 69.3. The Labute approximate surface area is 340 Å². The zero-order chi connectivity index (χ0) is 38.7. The number of rotatable bonds is 7. The van der Waals surface area contributed by atoms with Gasteiger partial charge in [-0.2, -0.15) is 0 Å². The summed E-state index contributed by atoms with van der Waals surface area (Å²) in [6.07, 6.45) is 1.18. The van der Waals surface area contributed by atoms with Crippen molar-refractivity contribution < 1.29 is 0 Å². The highest BCUT2D eigenvalue weighted by atomic mass is 32.1. The molecule has 0 spiro atoms. The number of fused-ring (bicyclic) bond motifs is 4. The molecule has 1 aliphatic rings. The minimum absolute atomic E-state index is 0.182. The van der Waals surface area contributed by atoms with Gasteiger partial charge in [0.1, 0.15) is 0 Å². The predicted octanol–water partition coefficient (Wildman–Crippen LogP) is 16.2. The quantitative estimate of drug-likeness (QED) is 0.157. The molecule has 0 aliphatic heterocycles. The van der Waals surface area contributed by atoms with E-state index in [1.54, 1.807) is 0 Å². The van der Waals surface area contributed by atoms with Gasteiger partial charge in [0.15, 0.2) is 0 Å². The van der Waals surface area contributed by atoms with Gasteiger partial charge >= 0.3 is 0 Å². The van der Waals surface area contributed by atoms with Crippen molar-refractivity contribution in [3.05, 3.63) is 199 Å². The molecule has 1 aliphatic carbocycles. The number of benzene rings is 8. The van der Waals surface area contributed by atoms with E-state index in [0.29, 0.717) is 0 Å². The number of thiophene rings is 1. The first-order valence-electron chi connectivity index (χ1n) is 20.0. The largest absolute Gasteiger partial charge is 0.310 e. The van der Waals surface area contributed by atoms with Crippen LogP contribution in [0.2, 0.25) is 0 Å². The van der Waals surface area contributed by atoms with Gasteiger partial charge in [0.2, 0.25) is 0 Å². The summed E-state index contributed by atoms with van der Waals surface area (Å²) in [6.45, 7) is 9.54. The smallest absolute Gasteiger partial charge is 0.0467 e. The molecule has 10 rings (SSSR count). The number of hydrogen-bond donors (Lipinski definition) is 0. The molecule has 8 aromatic carbocycles. The van der Waals surface area contributed by atoms with E-state index >= 15 is 0 Å². The Hall–Kier alpha value is -6.22. The van der Waals surface area contributed by atoms with Crippen molar-refractivity contribution in [2.75, 3.05) is 4.90 Å². The van der Waals surface area contributed by atoms with E-state index in [4.69, 9.17) is 0 Å². The molecule has 0 fully saturated rings. The van der Waals surface area contributed by atoms with Gasteiger partial charge in [-0.15, -0.1) is 11.3 Å². The first kappa shape index (κ1) is 35.2. The van der Waals surface area contributed by atoms with Crippen molar-refractivity contribution in [1.29, 1.82) is 0 Å². The minimum Gasteiger partial charge on any atom is -0.310 e. The van der Waals surface area contributed by atoms with Gasteiger partial charge in [-0.3, -0.25) is 0 Å². The van der Waals surface area contributed by atoms with E-state index < -0.39 is 0 Å². The second-order valence-corrected chi connectivity index (χ2v) is 18.0. The maximum absolute atomic E-state index is 2.44. The highest BCUT2D eigenvalue weighted by Crippen LogP contribution is 2.50. The molecule has 276 valence electrons. The van der Waals surface area contributed by atoms with Crippen LogP contribution in [0.15, 0.2) is 188 Å². The fraction of sp³-hybridized carbons (Fsp3) is 0.127. The van der Waals surface area contributed by atoms with E-state index in [9.17, 15) is 0 Å². The lowest BCUT2D eigenvalue weighted by molar-refractivity contribution is 0.403. The molecule has 1 aromatic heterocycles. The lowest BCUT2D eigenvalue weighted by Crippen LogP contribution is -2.17. The third kappa shape index (κ3) is 6.35. The third-order valence-corrected chi connectivity index (χ3v) is 13.3. The molecule has 2 heteroatoms. The SMILES string of the molecule is CC1(C)CC(C)(C)c2cc(-c3ccc(-c4ccc(N(c5cccc(-c6ccccc6)c5)c5cccc(-c6cccc7c6sc6ccccc67)c5)cc4)cc3)ccc21. The van der Waals surface area contributed by atoms with Crippen molar-refractivity contribution in [3.8, 4) is 44.5 Å². The molecule has 0 unspecified atom stereocenters. The Bertz CT molecular complexity index is 2910. The minimum atomic E-state index is 0.182. The number of anilines is 3. The molecule has 9 aromatic rings. The Balaban J connectivity index is 1.02. The van der Waals surface area contributed by atoms with Gasteiger partial charge in [0.05, 0.1) is 0 Å². The Kier molecular flexibility index (Phi) is 8.50. The summed E-state index contributed by atoms with van der Waals surface area (Å²) in [5.74, 6) is 0. The van der Waals surface area contributed by atoms with E-state index in [2.05, 4.69) is 221 Å². The lowest BCUT2D eigenvalue weighted by Gasteiger charge is -2.27. The molecule has 0 bridgehead atoms. The topological polar surface area (TPSA) is 3.24 Å². The van der Waals surface area contributed by atoms with Crippen LogP contribution in [-0.2, 0) is 10.8 Å². The highest BCUT2D eigenvalue weighted by Gasteiger charge is 2.41. The lowest BCUT2D eigenvalue weighted by atomic mass is 9.82. The number of hydrogen-bond acceptors (Lipinski definition) is 2. The average molecular weight is 752 g/mol. The fourth-order valence-electron chi connectivity index (χ4n) is 9.52. The third-order valence-electron chi connectivity index (χ3n) is 12.1. The molecule has 0 amide bonds. The fourth-order valence-corrected chi connectivity index (χ4v) is 10.8. The summed E-state index contributed by atoms with van der Waals surface area (Å²) < 4.78 is 2.65. The second kappa shape index (κ2) is 13.8. The van der Waals surface area contributed by atoms with Crippen molar-refractivity contribution >= 4 is 48.6 Å². The van der Waals surface area contributed by atoms with Crippen LogP contribution in [0.5, 0.6) is 0 Å². The van der Waals surface area contributed by atoms with Gasteiger partial charge in [0, 0.05) is 37.2 Å². The Morgan fingerprint density at radius 1 is 0.386 bits per heavy atom. The zero-order valence-corrected chi connectivity index (χ0v) is 33.8. The van der Waals surface area contributed by atoms with Crippen LogP contribution in [-0.4, -0.2) is 0 Å². The molecular weight excluding hydrogens is 707 g/mol. The van der Waals surface area contributed by atoms with Crippen LogP contribution in [0.25, 0.3) is 64.7 Å². The molecule has 0 saturated heterocycles. The molecule has 0 atom stereocenters. The molecule has 0 saturated carbocycles. The predicted molar refractivity (Wildman–Crippen MR) is 246 cm³/mol. The van der Waals surface area contributed by atoms with E-state index in [1.165, 1.54) is 82.2 Å². The standard InChI is InChI=1S/C55H45NS/c1-54(2)36-55(3,4)51-35-42(29-32-50(51)54)40-25-23-38(24-26-40)39-27-30-44(31-28-39)56(45-17-10-15-41(33-45)37-13-6-5-7-14-37)46-18-11-16-43(34-46)47-20-12-21-49-48-19-8-9-22-52(48)57-53(47)49/h5-35H,36H2,1-4H3. The summed E-state index contributed by atoms with van der Waals surface area (Å²) in [7, 11) is 0. The first-order chi connectivity index (χ1) is 27.7. The number of nitrogens with zero attached hydrogens (tertiary/aromatic N) is 1. The molecular formula is C55H45NS. The maximum atomic E-state index is 2.44. The van der Waals surface area contributed by atoms with Gasteiger partial charge in [-0.25, -0.2) is 0 Å². The maximum Gasteiger partial charge on any atom is 0.0467 e. The molecule has 57 heavy (non-hydrogen) atoms. The molecule has 1 heterocycles. The van der Waals surface area contributed by atoms with Crippen molar-refractivity contribution in [3.63, 3.8) is 0 Å². The van der Waals surface area contributed by atoms with Crippen LogP contribution < -0.4 is 4.90 Å². The summed E-state index contributed by atoms with van der Waals surface area (Å²) in [5, 5.41) is 2.63.